The molecule has 2 aromatic rings. The van der Waals surface area contributed by atoms with E-state index in [1.165, 1.54) is 63.0 Å². The predicted molar refractivity (Wildman–Crippen MR) is 110 cm³/mol. The predicted octanol–water partition coefficient (Wildman–Crippen LogP) is 7.33. The smallest absolute Gasteiger partial charge is 0.201 e. The molecule has 0 radical (unpaired) electrons. The summed E-state index contributed by atoms with van der Waals surface area (Å²) in [5.41, 5.74) is 3.31. The van der Waals surface area contributed by atoms with Crippen LogP contribution in [0.15, 0.2) is 29.8 Å². The maximum absolute atomic E-state index is 14.9. The van der Waals surface area contributed by atoms with Crippen molar-refractivity contribution in [3.63, 3.8) is 0 Å². The van der Waals surface area contributed by atoms with Crippen LogP contribution < -0.4 is 4.74 Å². The first-order valence-electron chi connectivity index (χ1n) is 10.6. The minimum absolute atomic E-state index is 0.0729. The van der Waals surface area contributed by atoms with E-state index in [1.807, 2.05) is 0 Å². The molecule has 0 atom stereocenters. The Morgan fingerprint density at radius 3 is 2.38 bits per heavy atom. The van der Waals surface area contributed by atoms with E-state index in [-0.39, 0.29) is 16.9 Å². The SMILES string of the molecule is CCC1CCC(C2=Cc3cc(F)c(-c4ccc(OC)c(F)c4F)cc3CC2)CC1. The second-order valence-electron chi connectivity index (χ2n) is 8.32. The number of halogens is 3. The topological polar surface area (TPSA) is 9.23 Å². The molecule has 0 aliphatic heterocycles. The van der Waals surface area contributed by atoms with Crippen LogP contribution in [0.2, 0.25) is 0 Å². The first-order chi connectivity index (χ1) is 14.0. The molecule has 0 N–H and O–H groups in total. The van der Waals surface area contributed by atoms with E-state index in [2.05, 4.69) is 13.0 Å². The third-order valence-corrected chi connectivity index (χ3v) is 6.76. The van der Waals surface area contributed by atoms with Crippen LogP contribution in [-0.4, -0.2) is 7.11 Å². The van der Waals surface area contributed by atoms with E-state index in [1.54, 1.807) is 6.07 Å². The molecule has 0 aromatic heterocycles. The highest BCUT2D eigenvalue weighted by atomic mass is 19.2. The minimum atomic E-state index is -1.09. The zero-order chi connectivity index (χ0) is 20.5. The van der Waals surface area contributed by atoms with Crippen molar-refractivity contribution in [1.29, 1.82) is 0 Å². The van der Waals surface area contributed by atoms with Crippen molar-refractivity contribution in [3.8, 4) is 16.9 Å². The van der Waals surface area contributed by atoms with Gasteiger partial charge < -0.3 is 4.74 Å². The molecule has 2 aliphatic rings. The molecule has 4 rings (SSSR count). The Morgan fingerprint density at radius 1 is 0.931 bits per heavy atom. The first-order valence-corrected chi connectivity index (χ1v) is 10.6. The van der Waals surface area contributed by atoms with Gasteiger partial charge in [-0.25, -0.2) is 8.78 Å². The highest BCUT2D eigenvalue weighted by Gasteiger charge is 2.26. The maximum Gasteiger partial charge on any atom is 0.201 e. The highest BCUT2D eigenvalue weighted by molar-refractivity contribution is 5.71. The lowest BCUT2D eigenvalue weighted by Crippen LogP contribution is -2.17. The first kappa shape index (κ1) is 20.1. The fourth-order valence-corrected chi connectivity index (χ4v) is 4.90. The van der Waals surface area contributed by atoms with Gasteiger partial charge in [0.1, 0.15) is 5.82 Å². The second kappa shape index (κ2) is 8.25. The Hall–Kier alpha value is -2.23. The summed E-state index contributed by atoms with van der Waals surface area (Å²) in [7, 11) is 1.27. The molecular weight excluding hydrogens is 373 g/mol. The van der Waals surface area contributed by atoms with E-state index in [0.29, 0.717) is 5.92 Å². The Kier molecular flexibility index (Phi) is 5.71. The lowest BCUT2D eigenvalue weighted by atomic mass is 9.74. The summed E-state index contributed by atoms with van der Waals surface area (Å²) in [4.78, 5) is 0. The van der Waals surface area contributed by atoms with Crippen molar-refractivity contribution in [2.45, 2.75) is 51.9 Å². The summed E-state index contributed by atoms with van der Waals surface area (Å²) in [5.74, 6) is -1.44. The van der Waals surface area contributed by atoms with Crippen molar-refractivity contribution in [2.24, 2.45) is 11.8 Å². The van der Waals surface area contributed by atoms with Gasteiger partial charge in [0.15, 0.2) is 11.6 Å². The number of allylic oxidation sites excluding steroid dienone is 1. The van der Waals surface area contributed by atoms with Crippen LogP contribution in [0.1, 0.15) is 56.6 Å². The molecule has 1 nitrogen and oxygen atoms in total. The number of hydrogen-bond donors (Lipinski definition) is 0. The molecule has 0 amide bonds. The summed E-state index contributed by atoms with van der Waals surface area (Å²) in [5, 5.41) is 0. The molecule has 2 aromatic carbocycles. The van der Waals surface area contributed by atoms with Crippen molar-refractivity contribution in [2.75, 3.05) is 7.11 Å². The van der Waals surface area contributed by atoms with E-state index < -0.39 is 17.5 Å². The molecule has 29 heavy (non-hydrogen) atoms. The fraction of sp³-hybridized carbons (Fsp3) is 0.440. The van der Waals surface area contributed by atoms with Crippen LogP contribution in [0.5, 0.6) is 5.75 Å². The number of benzene rings is 2. The number of aryl methyl sites for hydroxylation is 1. The van der Waals surface area contributed by atoms with Gasteiger partial charge in [-0.2, -0.15) is 4.39 Å². The van der Waals surface area contributed by atoms with Crippen LogP contribution in [0, 0.1) is 29.3 Å². The minimum Gasteiger partial charge on any atom is -0.494 e. The zero-order valence-corrected chi connectivity index (χ0v) is 17.0. The van der Waals surface area contributed by atoms with E-state index >= 15 is 0 Å². The molecular formula is C25H27F3O. The molecule has 0 unspecified atom stereocenters. The van der Waals surface area contributed by atoms with Gasteiger partial charge in [-0.15, -0.1) is 0 Å². The van der Waals surface area contributed by atoms with E-state index in [4.69, 9.17) is 4.74 Å². The van der Waals surface area contributed by atoms with Gasteiger partial charge in [-0.05, 0) is 85.8 Å². The van der Waals surface area contributed by atoms with E-state index in [9.17, 15) is 13.2 Å². The number of ether oxygens (including phenoxy) is 1. The second-order valence-corrected chi connectivity index (χ2v) is 8.32. The average Bonchev–Trinajstić information content (AvgIpc) is 2.75. The molecule has 4 heteroatoms. The Labute approximate surface area is 170 Å². The van der Waals surface area contributed by atoms with Gasteiger partial charge in [0.2, 0.25) is 5.82 Å². The van der Waals surface area contributed by atoms with Gasteiger partial charge >= 0.3 is 0 Å². The van der Waals surface area contributed by atoms with Gasteiger partial charge in [0, 0.05) is 11.1 Å². The van der Waals surface area contributed by atoms with Crippen molar-refractivity contribution >= 4 is 6.08 Å². The molecule has 0 bridgehead atoms. The number of hydrogen-bond acceptors (Lipinski definition) is 1. The molecule has 1 fully saturated rings. The largest absolute Gasteiger partial charge is 0.494 e. The molecule has 0 heterocycles. The normalized spacial score (nSPS) is 21.5. The molecule has 154 valence electrons. The molecule has 1 saturated carbocycles. The molecule has 2 aliphatic carbocycles. The summed E-state index contributed by atoms with van der Waals surface area (Å²) in [6, 6.07) is 5.86. The van der Waals surface area contributed by atoms with Crippen LogP contribution >= 0.6 is 0 Å². The van der Waals surface area contributed by atoms with Gasteiger partial charge in [0.05, 0.1) is 7.11 Å². The average molecular weight is 400 g/mol. The number of rotatable bonds is 4. The zero-order valence-electron chi connectivity index (χ0n) is 17.0. The lowest BCUT2D eigenvalue weighted by Gasteiger charge is -2.31. The third-order valence-electron chi connectivity index (χ3n) is 6.76. The van der Waals surface area contributed by atoms with E-state index in [0.717, 1.165) is 29.9 Å². The Morgan fingerprint density at radius 2 is 1.69 bits per heavy atom. The highest BCUT2D eigenvalue weighted by Crippen LogP contribution is 2.40. The van der Waals surface area contributed by atoms with Crippen LogP contribution in [-0.2, 0) is 6.42 Å². The van der Waals surface area contributed by atoms with Crippen LogP contribution in [0.3, 0.4) is 0 Å². The summed E-state index contributed by atoms with van der Waals surface area (Å²) >= 11 is 0. The van der Waals surface area contributed by atoms with Gasteiger partial charge in [0.25, 0.3) is 0 Å². The Bertz CT molecular complexity index is 940. The van der Waals surface area contributed by atoms with Crippen LogP contribution in [0.4, 0.5) is 13.2 Å². The quantitative estimate of drug-likeness (QED) is 0.522. The molecule has 0 spiro atoms. The summed E-state index contributed by atoms with van der Waals surface area (Å²) in [6.07, 6.45) is 10.1. The van der Waals surface area contributed by atoms with Crippen molar-refractivity contribution in [1.82, 2.24) is 0 Å². The van der Waals surface area contributed by atoms with Crippen LogP contribution in [0.25, 0.3) is 17.2 Å². The van der Waals surface area contributed by atoms with Gasteiger partial charge in [-0.1, -0.05) is 25.0 Å². The Balaban J connectivity index is 1.64. The fourth-order valence-electron chi connectivity index (χ4n) is 4.90. The summed E-state index contributed by atoms with van der Waals surface area (Å²) < 4.78 is 48.3. The standard InChI is InChI=1S/C25H27F3O/c1-3-15-4-6-16(7-5-15)17-8-9-18-13-21(22(26)14-19(18)12-17)20-10-11-23(29-2)25(28)24(20)27/h10-16H,3-9H2,1-2H3. The third kappa shape index (κ3) is 3.82. The van der Waals surface area contributed by atoms with Crippen molar-refractivity contribution in [3.05, 3.63) is 58.4 Å². The number of methoxy groups -OCH3 is 1. The van der Waals surface area contributed by atoms with Gasteiger partial charge in [-0.3, -0.25) is 0 Å². The number of fused-ring (bicyclic) bond motifs is 1. The lowest BCUT2D eigenvalue weighted by molar-refractivity contribution is 0.292. The van der Waals surface area contributed by atoms with Crippen molar-refractivity contribution < 1.29 is 17.9 Å². The monoisotopic (exact) mass is 400 g/mol. The molecule has 0 saturated heterocycles. The summed E-state index contributed by atoms with van der Waals surface area (Å²) in [6.45, 7) is 2.26. The maximum atomic E-state index is 14.9.